The van der Waals surface area contributed by atoms with Gasteiger partial charge in [-0.3, -0.25) is 10.1 Å². The third-order valence-corrected chi connectivity index (χ3v) is 4.12. The Kier molecular flexibility index (Phi) is 3.88. The van der Waals surface area contributed by atoms with Gasteiger partial charge in [-0.25, -0.2) is 0 Å². The van der Waals surface area contributed by atoms with Crippen molar-refractivity contribution in [2.75, 3.05) is 0 Å². The highest BCUT2D eigenvalue weighted by molar-refractivity contribution is 6.32. The summed E-state index contributed by atoms with van der Waals surface area (Å²) in [5.74, 6) is 1.33. The van der Waals surface area contributed by atoms with Gasteiger partial charge in [-0.05, 0) is 25.0 Å². The molecule has 1 aromatic carbocycles. The monoisotopic (exact) mass is 307 g/mol. The lowest BCUT2D eigenvalue weighted by molar-refractivity contribution is -0.384. The van der Waals surface area contributed by atoms with E-state index in [4.69, 9.17) is 16.1 Å². The van der Waals surface area contributed by atoms with Crippen LogP contribution < -0.4 is 0 Å². The molecule has 110 valence electrons. The average Bonchev–Trinajstić information content (AvgIpc) is 2.98. The summed E-state index contributed by atoms with van der Waals surface area (Å²) < 4.78 is 5.25. The summed E-state index contributed by atoms with van der Waals surface area (Å²) in [6, 6.07) is 4.48. The molecule has 0 saturated heterocycles. The molecule has 0 N–H and O–H groups in total. The Labute approximate surface area is 126 Å². The van der Waals surface area contributed by atoms with Gasteiger partial charge in [0, 0.05) is 17.5 Å². The summed E-state index contributed by atoms with van der Waals surface area (Å²) in [6.45, 7) is 0. The van der Waals surface area contributed by atoms with Crippen molar-refractivity contribution in [3.8, 4) is 11.5 Å². The zero-order valence-corrected chi connectivity index (χ0v) is 12.0. The van der Waals surface area contributed by atoms with Gasteiger partial charge in [0.05, 0.1) is 4.92 Å². The maximum absolute atomic E-state index is 10.9. The number of hydrogen-bond acceptors (Lipinski definition) is 5. The third kappa shape index (κ3) is 2.90. The summed E-state index contributed by atoms with van der Waals surface area (Å²) in [5.41, 5.74) is 0.354. The first-order chi connectivity index (χ1) is 10.1. The van der Waals surface area contributed by atoms with Crippen LogP contribution in [0.3, 0.4) is 0 Å². The van der Waals surface area contributed by atoms with Gasteiger partial charge in [0.1, 0.15) is 5.02 Å². The van der Waals surface area contributed by atoms with E-state index in [0.717, 1.165) is 12.8 Å². The number of hydrogen-bond donors (Lipinski definition) is 0. The highest BCUT2D eigenvalue weighted by Crippen LogP contribution is 2.33. The van der Waals surface area contributed by atoms with E-state index in [1.807, 2.05) is 0 Å². The van der Waals surface area contributed by atoms with Crippen LogP contribution in [0.5, 0.6) is 0 Å². The van der Waals surface area contributed by atoms with Gasteiger partial charge in [-0.1, -0.05) is 36.0 Å². The number of benzene rings is 1. The topological polar surface area (TPSA) is 82.1 Å². The number of nitro groups is 1. The molecule has 1 aliphatic rings. The van der Waals surface area contributed by atoms with Crippen LogP contribution in [-0.2, 0) is 0 Å². The predicted octanol–water partition coefficient (Wildman–Crippen LogP) is 4.35. The normalized spacial score (nSPS) is 16.0. The molecule has 21 heavy (non-hydrogen) atoms. The first kappa shape index (κ1) is 14.0. The van der Waals surface area contributed by atoms with E-state index in [1.54, 1.807) is 6.07 Å². The molecule has 1 heterocycles. The van der Waals surface area contributed by atoms with E-state index in [2.05, 4.69) is 10.1 Å². The van der Waals surface area contributed by atoms with Crippen molar-refractivity contribution in [1.82, 2.24) is 10.1 Å². The highest BCUT2D eigenvalue weighted by Gasteiger charge is 2.22. The molecule has 3 rings (SSSR count). The Morgan fingerprint density at radius 3 is 2.76 bits per heavy atom. The molecule has 1 fully saturated rings. The molecular formula is C14H14ClN3O3. The minimum absolute atomic E-state index is 0.0933. The summed E-state index contributed by atoms with van der Waals surface area (Å²) in [6.07, 6.45) is 5.76. The van der Waals surface area contributed by atoms with Crippen molar-refractivity contribution in [2.24, 2.45) is 0 Å². The Morgan fingerprint density at radius 1 is 1.29 bits per heavy atom. The molecule has 0 unspecified atom stereocenters. The number of halogens is 1. The van der Waals surface area contributed by atoms with Crippen molar-refractivity contribution < 1.29 is 9.45 Å². The standard InChI is InChI=1S/C14H14ClN3O3/c15-11-7-6-10(8-12(11)18(19)20)14-16-13(17-21-14)9-4-2-1-3-5-9/h6-9H,1-5H2. The van der Waals surface area contributed by atoms with Crippen LogP contribution in [-0.4, -0.2) is 15.1 Å². The van der Waals surface area contributed by atoms with Crippen LogP contribution in [0.4, 0.5) is 5.69 Å². The maximum atomic E-state index is 10.9. The minimum Gasteiger partial charge on any atom is -0.334 e. The first-order valence-corrected chi connectivity index (χ1v) is 7.31. The van der Waals surface area contributed by atoms with E-state index in [1.165, 1.54) is 31.4 Å². The van der Waals surface area contributed by atoms with Crippen molar-refractivity contribution in [2.45, 2.75) is 38.0 Å². The van der Waals surface area contributed by atoms with Crippen LogP contribution in [0.1, 0.15) is 43.8 Å². The summed E-state index contributed by atoms with van der Waals surface area (Å²) >= 11 is 5.80. The number of aromatic nitrogens is 2. The Balaban J connectivity index is 1.89. The molecular weight excluding hydrogens is 294 g/mol. The Hall–Kier alpha value is -1.95. The molecule has 1 aliphatic carbocycles. The van der Waals surface area contributed by atoms with Gasteiger partial charge in [-0.15, -0.1) is 0 Å². The smallest absolute Gasteiger partial charge is 0.288 e. The molecule has 0 amide bonds. The fourth-order valence-corrected chi connectivity index (χ4v) is 2.85. The van der Waals surface area contributed by atoms with Gasteiger partial charge >= 0.3 is 0 Å². The van der Waals surface area contributed by atoms with E-state index in [0.29, 0.717) is 23.2 Å². The third-order valence-electron chi connectivity index (χ3n) is 3.80. The van der Waals surface area contributed by atoms with Gasteiger partial charge in [0.2, 0.25) is 0 Å². The van der Waals surface area contributed by atoms with Crippen LogP contribution in [0.25, 0.3) is 11.5 Å². The van der Waals surface area contributed by atoms with Crippen molar-refractivity contribution >= 4 is 17.3 Å². The lowest BCUT2D eigenvalue weighted by Crippen LogP contribution is -2.06. The zero-order valence-electron chi connectivity index (χ0n) is 11.3. The largest absolute Gasteiger partial charge is 0.334 e. The summed E-state index contributed by atoms with van der Waals surface area (Å²) in [4.78, 5) is 14.8. The van der Waals surface area contributed by atoms with E-state index in [-0.39, 0.29) is 10.7 Å². The number of nitrogens with zero attached hydrogens (tertiary/aromatic N) is 3. The molecule has 7 heteroatoms. The lowest BCUT2D eigenvalue weighted by atomic mass is 9.89. The number of rotatable bonds is 3. The Bertz CT molecular complexity index is 665. The maximum Gasteiger partial charge on any atom is 0.288 e. The van der Waals surface area contributed by atoms with E-state index < -0.39 is 4.92 Å². The molecule has 0 radical (unpaired) electrons. The van der Waals surface area contributed by atoms with Crippen LogP contribution in [0.15, 0.2) is 22.7 Å². The highest BCUT2D eigenvalue weighted by atomic mass is 35.5. The van der Waals surface area contributed by atoms with Crippen LogP contribution in [0, 0.1) is 10.1 Å². The van der Waals surface area contributed by atoms with E-state index >= 15 is 0 Å². The number of nitro benzene ring substituents is 1. The van der Waals surface area contributed by atoms with Crippen LogP contribution >= 0.6 is 11.6 Å². The van der Waals surface area contributed by atoms with Gasteiger partial charge < -0.3 is 4.52 Å². The molecule has 0 aliphatic heterocycles. The fraction of sp³-hybridized carbons (Fsp3) is 0.429. The lowest BCUT2D eigenvalue weighted by Gasteiger charge is -2.17. The zero-order chi connectivity index (χ0) is 14.8. The molecule has 1 aromatic heterocycles. The fourth-order valence-electron chi connectivity index (χ4n) is 2.66. The second-order valence-corrected chi connectivity index (χ2v) is 5.62. The van der Waals surface area contributed by atoms with Gasteiger partial charge in [0.15, 0.2) is 5.82 Å². The van der Waals surface area contributed by atoms with Crippen LogP contribution in [0.2, 0.25) is 5.02 Å². The van der Waals surface area contributed by atoms with Crippen molar-refractivity contribution in [3.63, 3.8) is 0 Å². The molecule has 0 bridgehead atoms. The average molecular weight is 308 g/mol. The predicted molar refractivity (Wildman–Crippen MR) is 77.2 cm³/mol. The van der Waals surface area contributed by atoms with Crippen molar-refractivity contribution in [3.05, 3.63) is 39.2 Å². The van der Waals surface area contributed by atoms with Gasteiger partial charge in [0.25, 0.3) is 11.6 Å². The van der Waals surface area contributed by atoms with E-state index in [9.17, 15) is 10.1 Å². The Morgan fingerprint density at radius 2 is 2.05 bits per heavy atom. The van der Waals surface area contributed by atoms with Crippen molar-refractivity contribution in [1.29, 1.82) is 0 Å². The summed E-state index contributed by atoms with van der Waals surface area (Å²) in [7, 11) is 0. The summed E-state index contributed by atoms with van der Waals surface area (Å²) in [5, 5.41) is 15.0. The molecule has 0 atom stereocenters. The molecule has 2 aromatic rings. The SMILES string of the molecule is O=[N+]([O-])c1cc(-c2nc(C3CCCCC3)no2)ccc1Cl. The molecule has 6 nitrogen and oxygen atoms in total. The minimum atomic E-state index is -0.524. The second kappa shape index (κ2) is 5.81. The second-order valence-electron chi connectivity index (χ2n) is 5.22. The molecule has 1 saturated carbocycles. The molecule has 0 spiro atoms. The first-order valence-electron chi connectivity index (χ1n) is 6.93. The quantitative estimate of drug-likeness (QED) is 0.622. The van der Waals surface area contributed by atoms with Gasteiger partial charge in [-0.2, -0.15) is 4.98 Å².